The van der Waals surface area contributed by atoms with Crippen LogP contribution in [0.15, 0.2) is 54.9 Å². The molecule has 0 bridgehead atoms. The standard InChI is InChI=1S/C24H24N2O4/c1-2-22(28)20-12-18(23(29)10-16-13-25-26(14-16)8-9-27)11-19-21(15-30-24(19)20)17-6-4-3-5-7-17/h3-7,11-14,21,27H,2,8-10,15H2,1H3. The summed E-state index contributed by atoms with van der Waals surface area (Å²) in [5, 5.41) is 13.2. The Morgan fingerprint density at radius 3 is 2.73 bits per heavy atom. The maximum Gasteiger partial charge on any atom is 0.167 e. The highest BCUT2D eigenvalue weighted by Gasteiger charge is 2.31. The number of hydrogen-bond donors (Lipinski definition) is 1. The average molecular weight is 404 g/mol. The van der Waals surface area contributed by atoms with Crippen molar-refractivity contribution in [3.63, 3.8) is 0 Å². The van der Waals surface area contributed by atoms with E-state index in [9.17, 15) is 9.59 Å². The number of Topliss-reactive ketones (excluding diaryl/α,β-unsaturated/α-hetero) is 2. The van der Waals surface area contributed by atoms with E-state index in [1.807, 2.05) is 43.3 Å². The van der Waals surface area contributed by atoms with Gasteiger partial charge in [0.15, 0.2) is 11.6 Å². The number of hydrogen-bond acceptors (Lipinski definition) is 5. The summed E-state index contributed by atoms with van der Waals surface area (Å²) < 4.78 is 7.54. The molecule has 4 rings (SSSR count). The molecule has 1 aliphatic rings. The van der Waals surface area contributed by atoms with Crippen molar-refractivity contribution in [2.75, 3.05) is 13.2 Å². The molecule has 0 saturated heterocycles. The zero-order valence-corrected chi connectivity index (χ0v) is 16.9. The Hall–Kier alpha value is -3.25. The van der Waals surface area contributed by atoms with Gasteiger partial charge in [-0.1, -0.05) is 37.3 Å². The first kappa shape index (κ1) is 20.0. The van der Waals surface area contributed by atoms with Crippen molar-refractivity contribution in [2.24, 2.45) is 0 Å². The van der Waals surface area contributed by atoms with E-state index in [1.165, 1.54) is 0 Å². The van der Waals surface area contributed by atoms with Crippen LogP contribution in [0, 0.1) is 0 Å². The molecule has 1 atom stereocenters. The van der Waals surface area contributed by atoms with Crippen molar-refractivity contribution < 1.29 is 19.4 Å². The first-order valence-corrected chi connectivity index (χ1v) is 10.1. The molecule has 0 amide bonds. The number of aliphatic hydroxyl groups excluding tert-OH is 1. The molecule has 0 aliphatic carbocycles. The lowest BCUT2D eigenvalue weighted by atomic mass is 9.88. The van der Waals surface area contributed by atoms with Gasteiger partial charge in [-0.3, -0.25) is 14.3 Å². The number of benzene rings is 2. The monoisotopic (exact) mass is 404 g/mol. The van der Waals surface area contributed by atoms with Gasteiger partial charge in [-0.25, -0.2) is 0 Å². The van der Waals surface area contributed by atoms with Crippen LogP contribution in [0.2, 0.25) is 0 Å². The maximum absolute atomic E-state index is 13.0. The number of ketones is 2. The lowest BCUT2D eigenvalue weighted by Crippen LogP contribution is -2.08. The maximum atomic E-state index is 13.0. The molecule has 30 heavy (non-hydrogen) atoms. The van der Waals surface area contributed by atoms with Gasteiger partial charge in [-0.05, 0) is 23.3 Å². The zero-order valence-electron chi connectivity index (χ0n) is 16.9. The lowest BCUT2D eigenvalue weighted by molar-refractivity contribution is 0.0985. The molecular formula is C24H24N2O4. The normalized spacial score (nSPS) is 14.9. The van der Waals surface area contributed by atoms with Crippen LogP contribution in [0.4, 0.5) is 0 Å². The molecule has 1 unspecified atom stereocenters. The molecule has 0 spiro atoms. The topological polar surface area (TPSA) is 81.4 Å². The molecule has 2 heterocycles. The van der Waals surface area contributed by atoms with Gasteiger partial charge >= 0.3 is 0 Å². The Morgan fingerprint density at radius 1 is 1.20 bits per heavy atom. The SMILES string of the molecule is CCC(=O)c1cc(C(=O)Cc2cnn(CCO)c2)cc2c1OCC2c1ccccc1. The van der Waals surface area contributed by atoms with Crippen LogP contribution < -0.4 is 4.74 Å². The largest absolute Gasteiger partial charge is 0.492 e. The Balaban J connectivity index is 1.69. The molecule has 1 aromatic heterocycles. The van der Waals surface area contributed by atoms with Crippen molar-refractivity contribution in [2.45, 2.75) is 32.2 Å². The van der Waals surface area contributed by atoms with E-state index >= 15 is 0 Å². The van der Waals surface area contributed by atoms with Gasteiger partial charge in [0.1, 0.15) is 5.75 Å². The molecule has 2 aromatic carbocycles. The highest BCUT2D eigenvalue weighted by Crippen LogP contribution is 2.41. The first-order chi connectivity index (χ1) is 14.6. The minimum Gasteiger partial charge on any atom is -0.492 e. The van der Waals surface area contributed by atoms with Gasteiger partial charge in [0.05, 0.1) is 31.5 Å². The fourth-order valence-electron chi connectivity index (χ4n) is 3.86. The molecule has 1 aliphatic heterocycles. The third-order valence-electron chi connectivity index (χ3n) is 5.41. The van der Waals surface area contributed by atoms with Gasteiger partial charge in [0.25, 0.3) is 0 Å². The number of carbonyl (C=O) groups is 2. The smallest absolute Gasteiger partial charge is 0.167 e. The van der Waals surface area contributed by atoms with Gasteiger partial charge < -0.3 is 9.84 Å². The van der Waals surface area contributed by atoms with Crippen LogP contribution in [0.1, 0.15) is 56.7 Å². The van der Waals surface area contributed by atoms with E-state index in [-0.39, 0.29) is 30.5 Å². The second-order valence-corrected chi connectivity index (χ2v) is 7.43. The van der Waals surface area contributed by atoms with Gasteiger partial charge in [-0.15, -0.1) is 0 Å². The van der Waals surface area contributed by atoms with Crippen LogP contribution in [0.25, 0.3) is 0 Å². The number of rotatable bonds is 8. The number of aliphatic hydroxyl groups is 1. The summed E-state index contributed by atoms with van der Waals surface area (Å²) in [5.74, 6) is 0.475. The Kier molecular flexibility index (Phi) is 5.77. The van der Waals surface area contributed by atoms with E-state index in [0.717, 1.165) is 16.7 Å². The van der Waals surface area contributed by atoms with Gasteiger partial charge in [-0.2, -0.15) is 5.10 Å². The number of aromatic nitrogens is 2. The first-order valence-electron chi connectivity index (χ1n) is 10.1. The molecule has 0 saturated carbocycles. The number of carbonyl (C=O) groups excluding carboxylic acids is 2. The summed E-state index contributed by atoms with van der Waals surface area (Å²) in [6.07, 6.45) is 3.92. The van der Waals surface area contributed by atoms with Crippen LogP contribution in [0.3, 0.4) is 0 Å². The summed E-state index contributed by atoms with van der Waals surface area (Å²) in [6, 6.07) is 13.5. The quantitative estimate of drug-likeness (QED) is 0.582. The predicted molar refractivity (Wildman–Crippen MR) is 112 cm³/mol. The second-order valence-electron chi connectivity index (χ2n) is 7.43. The van der Waals surface area contributed by atoms with Crippen molar-refractivity contribution >= 4 is 11.6 Å². The fraction of sp³-hybridized carbons (Fsp3) is 0.292. The van der Waals surface area contributed by atoms with Crippen molar-refractivity contribution in [1.29, 1.82) is 0 Å². The summed E-state index contributed by atoms with van der Waals surface area (Å²) in [5.41, 5.74) is 3.74. The number of ether oxygens (including phenoxy) is 1. The Labute approximate surface area is 175 Å². The van der Waals surface area contributed by atoms with Crippen LogP contribution in [-0.4, -0.2) is 39.7 Å². The van der Waals surface area contributed by atoms with Crippen molar-refractivity contribution in [3.05, 3.63) is 82.7 Å². The predicted octanol–water partition coefficient (Wildman–Crippen LogP) is 3.42. The van der Waals surface area contributed by atoms with Gasteiger partial charge in [0.2, 0.25) is 0 Å². The lowest BCUT2D eigenvalue weighted by Gasteiger charge is -2.12. The Bertz CT molecular complexity index is 1070. The summed E-state index contributed by atoms with van der Waals surface area (Å²) in [7, 11) is 0. The summed E-state index contributed by atoms with van der Waals surface area (Å²) >= 11 is 0. The van der Waals surface area contributed by atoms with Crippen LogP contribution in [-0.2, 0) is 13.0 Å². The van der Waals surface area contributed by atoms with Crippen LogP contribution >= 0.6 is 0 Å². The average Bonchev–Trinajstić information content (AvgIpc) is 3.40. The van der Waals surface area contributed by atoms with E-state index < -0.39 is 0 Å². The minimum absolute atomic E-state index is 0.00957. The van der Waals surface area contributed by atoms with Crippen molar-refractivity contribution in [1.82, 2.24) is 9.78 Å². The third kappa shape index (κ3) is 3.91. The molecule has 6 nitrogen and oxygen atoms in total. The van der Waals surface area contributed by atoms with Crippen molar-refractivity contribution in [3.8, 4) is 5.75 Å². The molecule has 0 radical (unpaired) electrons. The second kappa shape index (κ2) is 8.63. The molecule has 6 heteroatoms. The molecular weight excluding hydrogens is 380 g/mol. The molecule has 154 valence electrons. The molecule has 0 fully saturated rings. The van der Waals surface area contributed by atoms with E-state index in [4.69, 9.17) is 9.84 Å². The van der Waals surface area contributed by atoms with E-state index in [2.05, 4.69) is 5.10 Å². The number of nitrogens with zero attached hydrogens (tertiary/aromatic N) is 2. The Morgan fingerprint density at radius 2 is 2.00 bits per heavy atom. The summed E-state index contributed by atoms with van der Waals surface area (Å²) in [4.78, 5) is 25.6. The van der Waals surface area contributed by atoms with Gasteiger partial charge in [0, 0.05) is 36.1 Å². The zero-order chi connectivity index (χ0) is 21.1. The van der Waals surface area contributed by atoms with E-state index in [0.29, 0.717) is 36.4 Å². The third-order valence-corrected chi connectivity index (χ3v) is 5.41. The highest BCUT2D eigenvalue weighted by atomic mass is 16.5. The highest BCUT2D eigenvalue weighted by molar-refractivity contribution is 6.04. The molecule has 1 N–H and O–H groups in total. The van der Waals surface area contributed by atoms with Crippen LogP contribution in [0.5, 0.6) is 5.75 Å². The van der Waals surface area contributed by atoms with E-state index in [1.54, 1.807) is 23.1 Å². The molecule has 3 aromatic rings. The fourth-order valence-corrected chi connectivity index (χ4v) is 3.86. The number of fused-ring (bicyclic) bond motifs is 1. The summed E-state index contributed by atoms with van der Waals surface area (Å²) in [6.45, 7) is 2.64. The minimum atomic E-state index is -0.0785.